The van der Waals surface area contributed by atoms with Gasteiger partial charge in [-0.25, -0.2) is 4.99 Å². The molecule has 0 aliphatic rings. The standard InChI is InChI=1S/C10H15N5O/c1-5-3-4-7(8(16)6(5)2)14-10(13)15-9(11)12/h3-4,16H,1-2H3,(H6,11,12,13,14,15). The Morgan fingerprint density at radius 1 is 1.19 bits per heavy atom. The zero-order valence-electron chi connectivity index (χ0n) is 9.23. The summed E-state index contributed by atoms with van der Waals surface area (Å²) in [7, 11) is 0. The minimum Gasteiger partial charge on any atom is -0.505 e. The van der Waals surface area contributed by atoms with E-state index >= 15 is 0 Å². The molecule has 1 rings (SSSR count). The highest BCUT2D eigenvalue weighted by atomic mass is 16.3. The second kappa shape index (κ2) is 4.52. The van der Waals surface area contributed by atoms with Crippen molar-refractivity contribution in [1.82, 2.24) is 0 Å². The van der Waals surface area contributed by atoms with Crippen LogP contribution in [0.1, 0.15) is 11.1 Å². The predicted molar refractivity (Wildman–Crippen MR) is 64.7 cm³/mol. The Kier molecular flexibility index (Phi) is 3.34. The third-order valence-corrected chi connectivity index (χ3v) is 2.16. The number of phenols is 1. The molecule has 86 valence electrons. The molecule has 0 heterocycles. The van der Waals surface area contributed by atoms with Crippen molar-refractivity contribution in [3.05, 3.63) is 23.3 Å². The normalized spacial score (nSPS) is 11.2. The highest BCUT2D eigenvalue weighted by Gasteiger charge is 2.05. The predicted octanol–water partition coefficient (Wildman–Crippen LogP) is 0.229. The number of aliphatic imine (C=N–C) groups is 2. The molecule has 0 saturated heterocycles. The van der Waals surface area contributed by atoms with Crippen molar-refractivity contribution in [3.8, 4) is 5.75 Å². The number of rotatable bonds is 1. The molecular formula is C10H15N5O. The maximum absolute atomic E-state index is 9.79. The van der Waals surface area contributed by atoms with Gasteiger partial charge in [0.25, 0.3) is 0 Å². The number of benzene rings is 1. The summed E-state index contributed by atoms with van der Waals surface area (Å²) in [6.45, 7) is 3.68. The van der Waals surface area contributed by atoms with E-state index in [1.807, 2.05) is 13.0 Å². The number of aromatic hydroxyl groups is 1. The maximum atomic E-state index is 9.79. The van der Waals surface area contributed by atoms with Gasteiger partial charge < -0.3 is 22.3 Å². The molecule has 6 heteroatoms. The van der Waals surface area contributed by atoms with E-state index in [1.165, 1.54) is 0 Å². The molecule has 0 amide bonds. The molecule has 16 heavy (non-hydrogen) atoms. The zero-order valence-corrected chi connectivity index (χ0v) is 9.23. The molecule has 6 nitrogen and oxygen atoms in total. The smallest absolute Gasteiger partial charge is 0.223 e. The summed E-state index contributed by atoms with van der Waals surface area (Å²) >= 11 is 0. The Hall–Kier alpha value is -2.24. The van der Waals surface area contributed by atoms with Crippen LogP contribution in [0.25, 0.3) is 0 Å². The van der Waals surface area contributed by atoms with Crippen LogP contribution >= 0.6 is 0 Å². The first-order valence-electron chi connectivity index (χ1n) is 4.64. The number of nitrogens with two attached hydrogens (primary N) is 3. The Morgan fingerprint density at radius 2 is 1.81 bits per heavy atom. The van der Waals surface area contributed by atoms with Gasteiger partial charge in [0.1, 0.15) is 11.4 Å². The van der Waals surface area contributed by atoms with Crippen molar-refractivity contribution < 1.29 is 5.11 Å². The number of guanidine groups is 2. The fourth-order valence-electron chi connectivity index (χ4n) is 1.16. The van der Waals surface area contributed by atoms with Gasteiger partial charge in [-0.1, -0.05) is 6.07 Å². The number of phenolic OH excluding ortho intramolecular Hbond substituents is 1. The number of hydrogen-bond acceptors (Lipinski definition) is 2. The van der Waals surface area contributed by atoms with E-state index in [1.54, 1.807) is 13.0 Å². The molecule has 0 fully saturated rings. The fourth-order valence-corrected chi connectivity index (χ4v) is 1.16. The van der Waals surface area contributed by atoms with Gasteiger partial charge in [-0.2, -0.15) is 4.99 Å². The van der Waals surface area contributed by atoms with Crippen LogP contribution in [0.5, 0.6) is 5.75 Å². The second-order valence-electron chi connectivity index (χ2n) is 3.38. The summed E-state index contributed by atoms with van der Waals surface area (Å²) in [5, 5.41) is 9.79. The molecule has 0 radical (unpaired) electrons. The topological polar surface area (TPSA) is 123 Å². The molecule has 0 aliphatic heterocycles. The molecule has 1 aromatic carbocycles. The van der Waals surface area contributed by atoms with Crippen LogP contribution < -0.4 is 17.2 Å². The molecule has 0 unspecified atom stereocenters. The van der Waals surface area contributed by atoms with E-state index < -0.39 is 0 Å². The molecule has 0 saturated carbocycles. The lowest BCUT2D eigenvalue weighted by Gasteiger charge is -2.05. The van der Waals surface area contributed by atoms with Gasteiger partial charge >= 0.3 is 0 Å². The molecule has 7 N–H and O–H groups in total. The van der Waals surface area contributed by atoms with Gasteiger partial charge in [0.15, 0.2) is 5.96 Å². The summed E-state index contributed by atoms with van der Waals surface area (Å²) in [6.07, 6.45) is 0. The van der Waals surface area contributed by atoms with E-state index in [9.17, 15) is 5.11 Å². The highest BCUT2D eigenvalue weighted by molar-refractivity contribution is 5.93. The van der Waals surface area contributed by atoms with Crippen LogP contribution in [-0.4, -0.2) is 17.0 Å². The van der Waals surface area contributed by atoms with Gasteiger partial charge in [0.2, 0.25) is 5.96 Å². The van der Waals surface area contributed by atoms with Crippen LogP contribution in [0.4, 0.5) is 5.69 Å². The summed E-state index contributed by atoms with van der Waals surface area (Å²) in [6, 6.07) is 3.48. The lowest BCUT2D eigenvalue weighted by molar-refractivity contribution is 0.472. The lowest BCUT2D eigenvalue weighted by Crippen LogP contribution is -2.26. The van der Waals surface area contributed by atoms with Crippen molar-refractivity contribution in [2.45, 2.75) is 13.8 Å². The Morgan fingerprint density at radius 3 is 2.38 bits per heavy atom. The van der Waals surface area contributed by atoms with Crippen LogP contribution in [0.15, 0.2) is 22.1 Å². The average Bonchev–Trinajstić information content (AvgIpc) is 2.18. The first-order valence-corrected chi connectivity index (χ1v) is 4.64. The van der Waals surface area contributed by atoms with E-state index in [2.05, 4.69) is 9.98 Å². The van der Waals surface area contributed by atoms with Crippen molar-refractivity contribution in [1.29, 1.82) is 0 Å². The van der Waals surface area contributed by atoms with Gasteiger partial charge in [-0.15, -0.1) is 0 Å². The van der Waals surface area contributed by atoms with Gasteiger partial charge in [0, 0.05) is 0 Å². The van der Waals surface area contributed by atoms with Crippen LogP contribution in [0.3, 0.4) is 0 Å². The van der Waals surface area contributed by atoms with Crippen molar-refractivity contribution in [3.63, 3.8) is 0 Å². The van der Waals surface area contributed by atoms with E-state index in [0.717, 1.165) is 11.1 Å². The molecule has 0 aromatic heterocycles. The number of nitrogens with zero attached hydrogens (tertiary/aromatic N) is 2. The van der Waals surface area contributed by atoms with Crippen LogP contribution in [-0.2, 0) is 0 Å². The molecular weight excluding hydrogens is 206 g/mol. The Labute approximate surface area is 93.5 Å². The minimum absolute atomic E-state index is 0.0775. The fraction of sp³-hybridized carbons (Fsp3) is 0.200. The van der Waals surface area contributed by atoms with E-state index in [0.29, 0.717) is 5.69 Å². The summed E-state index contributed by atoms with van der Waals surface area (Å²) in [5.41, 5.74) is 17.8. The minimum atomic E-state index is -0.176. The molecule has 0 aliphatic carbocycles. The average molecular weight is 221 g/mol. The first-order chi connectivity index (χ1) is 7.41. The molecule has 1 aromatic rings. The summed E-state index contributed by atoms with van der Waals surface area (Å²) in [5.74, 6) is -0.197. The van der Waals surface area contributed by atoms with Crippen LogP contribution in [0.2, 0.25) is 0 Å². The van der Waals surface area contributed by atoms with E-state index in [4.69, 9.17) is 17.2 Å². The zero-order chi connectivity index (χ0) is 12.3. The Balaban J connectivity index is 3.17. The third kappa shape index (κ3) is 2.63. The lowest BCUT2D eigenvalue weighted by atomic mass is 10.1. The van der Waals surface area contributed by atoms with Crippen molar-refractivity contribution >= 4 is 17.6 Å². The maximum Gasteiger partial charge on any atom is 0.223 e. The summed E-state index contributed by atoms with van der Waals surface area (Å²) < 4.78 is 0. The number of aryl methyl sites for hydroxylation is 1. The van der Waals surface area contributed by atoms with Gasteiger partial charge in [0.05, 0.1) is 0 Å². The van der Waals surface area contributed by atoms with Gasteiger partial charge in [-0.3, -0.25) is 0 Å². The summed E-state index contributed by atoms with van der Waals surface area (Å²) in [4.78, 5) is 7.45. The third-order valence-electron chi connectivity index (χ3n) is 2.16. The SMILES string of the molecule is Cc1ccc(N=C(N)N=C(N)N)c(O)c1C. The molecule has 0 bridgehead atoms. The quantitative estimate of drug-likeness (QED) is 0.400. The van der Waals surface area contributed by atoms with Gasteiger partial charge in [-0.05, 0) is 31.0 Å². The van der Waals surface area contributed by atoms with E-state index in [-0.39, 0.29) is 17.7 Å². The monoisotopic (exact) mass is 221 g/mol. The van der Waals surface area contributed by atoms with Crippen molar-refractivity contribution in [2.24, 2.45) is 27.2 Å². The first kappa shape index (κ1) is 11.8. The molecule has 0 spiro atoms. The second-order valence-corrected chi connectivity index (χ2v) is 3.38. The number of hydrogen-bond donors (Lipinski definition) is 4. The van der Waals surface area contributed by atoms with Crippen molar-refractivity contribution in [2.75, 3.05) is 0 Å². The highest BCUT2D eigenvalue weighted by Crippen LogP contribution is 2.31. The molecule has 0 atom stereocenters. The largest absolute Gasteiger partial charge is 0.505 e. The van der Waals surface area contributed by atoms with Crippen LogP contribution in [0, 0.1) is 13.8 Å². The Bertz CT molecular complexity index is 461.